The molecule has 0 unspecified atom stereocenters. The molecule has 16 heteroatoms. The van der Waals surface area contributed by atoms with E-state index < -0.39 is 23.6 Å². The van der Waals surface area contributed by atoms with E-state index in [9.17, 15) is 24.6 Å². The number of aryl methyl sites for hydroxylation is 2. The van der Waals surface area contributed by atoms with Crippen LogP contribution < -0.4 is 20.3 Å². The van der Waals surface area contributed by atoms with Gasteiger partial charge in [-0.2, -0.15) is 9.61 Å². The lowest BCUT2D eigenvalue weighted by Gasteiger charge is -2.35. The van der Waals surface area contributed by atoms with Gasteiger partial charge in [0.05, 0.1) is 46.8 Å². The second-order valence-corrected chi connectivity index (χ2v) is 22.1. The molecule has 2 aliphatic rings. The highest BCUT2D eigenvalue weighted by Gasteiger charge is 2.44. The van der Waals surface area contributed by atoms with Gasteiger partial charge in [-0.15, -0.1) is 11.3 Å². The molecule has 0 saturated carbocycles. The lowest BCUT2D eigenvalue weighted by Crippen LogP contribution is -2.57. The van der Waals surface area contributed by atoms with Crippen LogP contribution in [-0.2, 0) is 20.9 Å². The third kappa shape index (κ3) is 14.0. The number of benzene rings is 3. The second-order valence-electron chi connectivity index (χ2n) is 21.3. The number of aliphatic hydroxyl groups excluding tert-OH is 2. The van der Waals surface area contributed by atoms with Crippen LogP contribution in [0.3, 0.4) is 0 Å². The molecule has 0 aliphatic carbocycles. The van der Waals surface area contributed by atoms with Gasteiger partial charge in [0.15, 0.2) is 5.65 Å². The molecular formula is C60H75N9O6S. The maximum Gasteiger partial charge on any atom is 0.246 e. The number of amides is 3. The molecule has 8 rings (SSSR count). The number of thiazole rings is 1. The fraction of sp³-hybridized carbons (Fsp3) is 0.467. The number of piperazine rings is 1. The topological polar surface area (TPSA) is 178 Å². The quantitative estimate of drug-likeness (QED) is 0.0401. The first-order chi connectivity index (χ1) is 36.7. The molecule has 4 N–H and O–H groups in total. The molecule has 3 aromatic carbocycles. The van der Waals surface area contributed by atoms with Crippen molar-refractivity contribution in [2.24, 2.45) is 5.41 Å². The van der Waals surface area contributed by atoms with E-state index in [0.717, 1.165) is 144 Å². The fourth-order valence-corrected chi connectivity index (χ4v) is 11.0. The number of rotatable bonds is 21. The number of ether oxygens (including phenoxy) is 1. The first-order valence-electron chi connectivity index (χ1n) is 27.0. The zero-order chi connectivity index (χ0) is 53.8. The van der Waals surface area contributed by atoms with Crippen LogP contribution in [0.5, 0.6) is 5.75 Å². The molecule has 3 amide bonds. The van der Waals surface area contributed by atoms with Gasteiger partial charge in [-0.05, 0) is 61.4 Å². The van der Waals surface area contributed by atoms with Crippen molar-refractivity contribution in [3.05, 3.63) is 107 Å². The fourth-order valence-electron chi connectivity index (χ4n) is 10.2. The van der Waals surface area contributed by atoms with Crippen molar-refractivity contribution in [2.75, 3.05) is 57.4 Å². The number of likely N-dealkylation sites (tertiary alicyclic amines) is 1. The Bertz CT molecular complexity index is 3000. The molecule has 3 aromatic heterocycles. The number of hydrogen-bond acceptors (Lipinski definition) is 12. The zero-order valence-electron chi connectivity index (χ0n) is 45.1. The number of unbranched alkanes of at least 4 members (excludes halogenated alkanes) is 7. The van der Waals surface area contributed by atoms with Crippen LogP contribution in [-0.4, -0.2) is 128 Å². The summed E-state index contributed by atoms with van der Waals surface area (Å²) in [6.07, 6.45) is 7.60. The maximum atomic E-state index is 13.8. The summed E-state index contributed by atoms with van der Waals surface area (Å²) in [5, 5.41) is 31.0. The molecule has 402 valence electrons. The Morgan fingerprint density at radius 3 is 2.32 bits per heavy atom. The normalized spacial score (nSPS) is 16.4. The van der Waals surface area contributed by atoms with Crippen LogP contribution in [0, 0.1) is 31.1 Å². The lowest BCUT2D eigenvalue weighted by atomic mass is 9.85. The first kappa shape index (κ1) is 55.6. The van der Waals surface area contributed by atoms with Gasteiger partial charge in [0, 0.05) is 93.9 Å². The molecule has 2 saturated heterocycles. The molecule has 2 aliphatic heterocycles. The van der Waals surface area contributed by atoms with Crippen LogP contribution in [0.2, 0.25) is 0 Å². The van der Waals surface area contributed by atoms with E-state index in [2.05, 4.69) is 86.6 Å². The third-order valence-electron chi connectivity index (χ3n) is 14.4. The molecule has 2 fully saturated rings. The SMILES string of the molecule is CC(=O)N[C@H](C(=O)N1C[C@H](O)C[C@H]1C(=O)NCc1ccc(-c2scnc2C)cc1OCCCCCCCCCC#Cc1cccc(-c2c(C)nn3c(N4CCN(CCO)CC4)cc(-c4ccccc4)nc23)c1)C(C)(C)C. The minimum absolute atomic E-state index is 0.0162. The summed E-state index contributed by atoms with van der Waals surface area (Å²) in [7, 11) is 0. The van der Waals surface area contributed by atoms with Gasteiger partial charge >= 0.3 is 0 Å². The molecule has 15 nitrogen and oxygen atoms in total. The molecule has 0 radical (unpaired) electrons. The van der Waals surface area contributed by atoms with Crippen LogP contribution in [0.4, 0.5) is 5.82 Å². The number of anilines is 1. The highest BCUT2D eigenvalue weighted by atomic mass is 32.1. The zero-order valence-corrected chi connectivity index (χ0v) is 45.9. The van der Waals surface area contributed by atoms with Gasteiger partial charge in [0.1, 0.15) is 23.7 Å². The van der Waals surface area contributed by atoms with Crippen molar-refractivity contribution >= 4 is 40.5 Å². The number of carbonyl (C=O) groups excluding carboxylic acids is 3. The van der Waals surface area contributed by atoms with Crippen molar-refractivity contribution in [1.82, 2.24) is 40.0 Å². The van der Waals surface area contributed by atoms with Gasteiger partial charge < -0.3 is 35.4 Å². The maximum absolute atomic E-state index is 13.8. The number of aromatic nitrogens is 4. The van der Waals surface area contributed by atoms with Gasteiger partial charge in [0.25, 0.3) is 0 Å². The van der Waals surface area contributed by atoms with E-state index in [1.54, 1.807) is 11.3 Å². The van der Waals surface area contributed by atoms with Crippen molar-refractivity contribution in [3.63, 3.8) is 0 Å². The van der Waals surface area contributed by atoms with Crippen LogP contribution in [0.15, 0.2) is 84.4 Å². The minimum atomic E-state index is -0.874. The molecule has 76 heavy (non-hydrogen) atoms. The van der Waals surface area contributed by atoms with Gasteiger partial charge in [-0.25, -0.2) is 9.97 Å². The number of fused-ring (bicyclic) bond motifs is 1. The molecular weight excluding hydrogens is 975 g/mol. The summed E-state index contributed by atoms with van der Waals surface area (Å²) >= 11 is 1.57. The standard InChI is InChI=1S/C60H75N9O6S/c1-41-54(57-64-50(45-22-16-14-17-23-45)37-53(69(57)65-41)67-29-27-66(28-30-67)31-32-70)46-24-19-21-44(34-46)20-15-12-10-8-7-9-11-13-18-33-75-52-35-47(55-42(2)62-40-76-55)25-26-48(52)38-61-58(73)51-36-49(72)39-68(51)59(74)56(60(4,5)6)63-43(3)71/h14,16-17,19,21-26,34-35,37,40,49,51,56,70,72H,7-13,18,27-33,36,38-39H2,1-6H3,(H,61,73)(H,63,71)/t49-,51+,56-/m1/s1. The predicted octanol–water partition coefficient (Wildman–Crippen LogP) is 8.60. The number of β-amino-alcohol motifs (C(OH)–C–C–N with tert-alkyl or cyclic N) is 2. The Balaban J connectivity index is 0.811. The highest BCUT2D eigenvalue weighted by Crippen LogP contribution is 2.35. The molecule has 6 aromatic rings. The number of aliphatic hydroxyl groups is 2. The van der Waals surface area contributed by atoms with Gasteiger partial charge in [0.2, 0.25) is 17.7 Å². The average Bonchev–Trinajstić information content (AvgIpc) is 4.13. The van der Waals surface area contributed by atoms with E-state index in [0.29, 0.717) is 18.9 Å². The van der Waals surface area contributed by atoms with E-state index in [4.69, 9.17) is 14.8 Å². The molecule has 3 atom stereocenters. The molecule has 5 heterocycles. The number of hydrogen-bond donors (Lipinski definition) is 4. The Morgan fingerprint density at radius 2 is 1.61 bits per heavy atom. The van der Waals surface area contributed by atoms with Crippen LogP contribution >= 0.6 is 11.3 Å². The largest absolute Gasteiger partial charge is 0.493 e. The number of nitrogens with one attached hydrogen (secondary N) is 2. The summed E-state index contributed by atoms with van der Waals surface area (Å²) in [6.45, 7) is 16.0. The van der Waals surface area contributed by atoms with Crippen LogP contribution in [0.25, 0.3) is 38.5 Å². The Hall–Kier alpha value is -6.64. The average molecular weight is 1050 g/mol. The van der Waals surface area contributed by atoms with Crippen LogP contribution in [0.1, 0.15) is 108 Å². The summed E-state index contributed by atoms with van der Waals surface area (Å²) in [6, 6.07) is 25.2. The van der Waals surface area contributed by atoms with Crippen molar-refractivity contribution < 1.29 is 29.3 Å². The molecule has 0 spiro atoms. The summed E-state index contributed by atoms with van der Waals surface area (Å²) in [5.41, 5.74) is 10.7. The Morgan fingerprint density at radius 1 is 0.868 bits per heavy atom. The first-order valence-corrected chi connectivity index (χ1v) is 27.9. The lowest BCUT2D eigenvalue weighted by molar-refractivity contribution is -0.143. The minimum Gasteiger partial charge on any atom is -0.493 e. The van der Waals surface area contributed by atoms with Crippen molar-refractivity contribution in [1.29, 1.82) is 0 Å². The summed E-state index contributed by atoms with van der Waals surface area (Å²) < 4.78 is 8.44. The van der Waals surface area contributed by atoms with E-state index in [-0.39, 0.29) is 43.8 Å². The summed E-state index contributed by atoms with van der Waals surface area (Å²) in [4.78, 5) is 56.3. The smallest absolute Gasteiger partial charge is 0.246 e. The monoisotopic (exact) mass is 1050 g/mol. The van der Waals surface area contributed by atoms with Gasteiger partial charge in [-0.3, -0.25) is 19.3 Å². The number of nitrogens with zero attached hydrogens (tertiary/aromatic N) is 7. The van der Waals surface area contributed by atoms with E-state index in [1.807, 2.05) is 74.1 Å². The van der Waals surface area contributed by atoms with Crippen molar-refractivity contribution in [2.45, 2.75) is 124 Å². The highest BCUT2D eigenvalue weighted by molar-refractivity contribution is 7.13. The number of carbonyl (C=O) groups is 3. The summed E-state index contributed by atoms with van der Waals surface area (Å²) in [5.74, 6) is 7.48. The van der Waals surface area contributed by atoms with E-state index in [1.165, 1.54) is 11.8 Å². The van der Waals surface area contributed by atoms with Crippen molar-refractivity contribution in [3.8, 4) is 50.4 Å². The molecule has 0 bridgehead atoms. The van der Waals surface area contributed by atoms with E-state index >= 15 is 0 Å². The third-order valence-corrected chi connectivity index (χ3v) is 15.3. The predicted molar refractivity (Wildman–Crippen MR) is 301 cm³/mol. The Labute approximate surface area is 452 Å². The Kier molecular flexibility index (Phi) is 19.0. The second kappa shape index (κ2) is 25.9. The van der Waals surface area contributed by atoms with Gasteiger partial charge in [-0.1, -0.05) is 119 Å².